The van der Waals surface area contributed by atoms with Crippen LogP contribution in [0, 0.1) is 0 Å². The van der Waals surface area contributed by atoms with E-state index in [2.05, 4.69) is 5.32 Å². The quantitative estimate of drug-likeness (QED) is 0.676. The Balaban J connectivity index is 1.71. The fourth-order valence-electron chi connectivity index (χ4n) is 2.61. The van der Waals surface area contributed by atoms with E-state index in [1.807, 2.05) is 36.4 Å². The van der Waals surface area contributed by atoms with Crippen molar-refractivity contribution in [3.63, 3.8) is 0 Å². The summed E-state index contributed by atoms with van der Waals surface area (Å²) in [5, 5.41) is 2.67. The van der Waals surface area contributed by atoms with Crippen LogP contribution in [-0.2, 0) is 12.7 Å². The van der Waals surface area contributed by atoms with E-state index in [1.165, 1.54) is 6.07 Å². The Hall–Kier alpha value is -3.08. The Morgan fingerprint density at radius 2 is 1.50 bits per heavy atom. The summed E-state index contributed by atoms with van der Waals surface area (Å²) >= 11 is 0. The molecule has 0 aliphatic rings. The Labute approximate surface area is 149 Å². The van der Waals surface area contributed by atoms with E-state index < -0.39 is 11.7 Å². The molecule has 26 heavy (non-hydrogen) atoms. The molecule has 3 aromatic rings. The van der Waals surface area contributed by atoms with Gasteiger partial charge >= 0.3 is 6.18 Å². The molecule has 0 atom stereocenters. The fourth-order valence-corrected chi connectivity index (χ4v) is 2.61. The molecule has 132 valence electrons. The van der Waals surface area contributed by atoms with Crippen LogP contribution >= 0.6 is 0 Å². The van der Waals surface area contributed by atoms with Gasteiger partial charge in [0, 0.05) is 12.1 Å². The highest BCUT2D eigenvalue weighted by molar-refractivity contribution is 5.95. The number of carbonyl (C=O) groups excluding carboxylic acids is 1. The highest BCUT2D eigenvalue weighted by atomic mass is 19.4. The van der Waals surface area contributed by atoms with Gasteiger partial charge in [-0.05, 0) is 41.0 Å². The average molecular weight is 355 g/mol. The van der Waals surface area contributed by atoms with E-state index in [4.69, 9.17) is 0 Å². The van der Waals surface area contributed by atoms with Crippen LogP contribution in [0.3, 0.4) is 0 Å². The molecule has 1 amide bonds. The van der Waals surface area contributed by atoms with Crippen molar-refractivity contribution >= 4 is 5.91 Å². The minimum absolute atomic E-state index is 0.0261. The molecule has 0 unspecified atom stereocenters. The highest BCUT2D eigenvalue weighted by Gasteiger charge is 2.30. The van der Waals surface area contributed by atoms with Crippen LogP contribution in [0.15, 0.2) is 78.9 Å². The van der Waals surface area contributed by atoms with Gasteiger partial charge in [0.1, 0.15) is 0 Å². The predicted octanol–water partition coefficient (Wildman–Crippen LogP) is 5.30. The van der Waals surface area contributed by atoms with Crippen LogP contribution in [0.5, 0.6) is 0 Å². The van der Waals surface area contributed by atoms with Crippen molar-refractivity contribution in [2.75, 3.05) is 0 Å². The summed E-state index contributed by atoms with van der Waals surface area (Å²) in [6.07, 6.45) is -4.40. The predicted molar refractivity (Wildman–Crippen MR) is 94.5 cm³/mol. The summed E-state index contributed by atoms with van der Waals surface area (Å²) < 4.78 is 38.2. The lowest BCUT2D eigenvalue weighted by atomic mass is 10.0. The van der Waals surface area contributed by atoms with E-state index in [0.717, 1.165) is 23.3 Å². The van der Waals surface area contributed by atoms with Crippen molar-refractivity contribution in [3.05, 3.63) is 95.6 Å². The molecule has 5 heteroatoms. The maximum Gasteiger partial charge on any atom is 0.416 e. The molecule has 2 nitrogen and oxygen atoms in total. The monoisotopic (exact) mass is 355 g/mol. The van der Waals surface area contributed by atoms with Crippen LogP contribution in [-0.4, -0.2) is 5.91 Å². The number of benzene rings is 3. The van der Waals surface area contributed by atoms with Crippen LogP contribution in [0.1, 0.15) is 21.5 Å². The largest absolute Gasteiger partial charge is 0.416 e. The van der Waals surface area contributed by atoms with Gasteiger partial charge in [0.25, 0.3) is 5.91 Å². The molecule has 0 aliphatic carbocycles. The van der Waals surface area contributed by atoms with E-state index in [-0.39, 0.29) is 12.5 Å². The van der Waals surface area contributed by atoms with Crippen LogP contribution < -0.4 is 5.32 Å². The molecular weight excluding hydrogens is 339 g/mol. The fraction of sp³-hybridized carbons (Fsp3) is 0.0952. The zero-order chi connectivity index (χ0) is 18.6. The minimum Gasteiger partial charge on any atom is -0.348 e. The second-order valence-electron chi connectivity index (χ2n) is 5.83. The summed E-state index contributed by atoms with van der Waals surface area (Å²) in [6.45, 7) is 0.0261. The normalized spacial score (nSPS) is 11.2. The maximum absolute atomic E-state index is 12.7. The third-order valence-electron chi connectivity index (χ3n) is 3.94. The van der Waals surface area contributed by atoms with Gasteiger partial charge in [0.05, 0.1) is 5.56 Å². The summed E-state index contributed by atoms with van der Waals surface area (Å²) in [6, 6.07) is 21.7. The second kappa shape index (κ2) is 7.44. The number of hydrogen-bond acceptors (Lipinski definition) is 1. The van der Waals surface area contributed by atoms with E-state index in [1.54, 1.807) is 24.3 Å². The van der Waals surface area contributed by atoms with Gasteiger partial charge in [-0.1, -0.05) is 54.6 Å². The van der Waals surface area contributed by atoms with Crippen LogP contribution in [0.4, 0.5) is 13.2 Å². The van der Waals surface area contributed by atoms with Gasteiger partial charge in [-0.25, -0.2) is 0 Å². The second-order valence-corrected chi connectivity index (χ2v) is 5.83. The number of rotatable bonds is 4. The molecule has 0 aliphatic heterocycles. The first-order valence-electron chi connectivity index (χ1n) is 8.03. The lowest BCUT2D eigenvalue weighted by molar-refractivity contribution is -0.137. The molecule has 3 aromatic carbocycles. The number of carbonyl (C=O) groups is 1. The molecule has 0 aromatic heterocycles. The highest BCUT2D eigenvalue weighted by Crippen LogP contribution is 2.29. The number of hydrogen-bond donors (Lipinski definition) is 1. The molecule has 0 saturated heterocycles. The first-order chi connectivity index (χ1) is 12.4. The first kappa shape index (κ1) is 17.7. The molecule has 3 rings (SSSR count). The lowest BCUT2D eigenvalue weighted by Gasteiger charge is -2.10. The number of amides is 1. The van der Waals surface area contributed by atoms with Gasteiger partial charge in [0.15, 0.2) is 0 Å². The van der Waals surface area contributed by atoms with Gasteiger partial charge in [0.2, 0.25) is 0 Å². The van der Waals surface area contributed by atoms with Gasteiger partial charge < -0.3 is 5.32 Å². The van der Waals surface area contributed by atoms with Crippen molar-refractivity contribution in [1.29, 1.82) is 0 Å². The molecule has 0 bridgehead atoms. The SMILES string of the molecule is O=C(NCc1cccc(C(F)(F)F)c1)c1cccc(-c2ccccc2)c1. The van der Waals surface area contributed by atoms with Crippen molar-refractivity contribution in [1.82, 2.24) is 5.32 Å². The number of halogens is 3. The van der Waals surface area contributed by atoms with Crippen molar-refractivity contribution in [3.8, 4) is 11.1 Å². The van der Waals surface area contributed by atoms with Crippen molar-refractivity contribution < 1.29 is 18.0 Å². The molecule has 0 fully saturated rings. The van der Waals surface area contributed by atoms with Crippen LogP contribution in [0.2, 0.25) is 0 Å². The molecular formula is C21H16F3NO. The third kappa shape index (κ3) is 4.30. The third-order valence-corrected chi connectivity index (χ3v) is 3.94. The minimum atomic E-state index is -4.40. The van der Waals surface area contributed by atoms with E-state index in [0.29, 0.717) is 11.1 Å². The molecule has 0 saturated carbocycles. The number of alkyl halides is 3. The standard InChI is InChI=1S/C21H16F3NO/c22-21(23,24)19-11-4-6-15(12-19)14-25-20(26)18-10-5-9-17(13-18)16-7-2-1-3-8-16/h1-13H,14H2,(H,25,26). The summed E-state index contributed by atoms with van der Waals surface area (Å²) in [7, 11) is 0. The van der Waals surface area contributed by atoms with Gasteiger partial charge in [-0.15, -0.1) is 0 Å². The smallest absolute Gasteiger partial charge is 0.348 e. The van der Waals surface area contributed by atoms with Gasteiger partial charge in [-0.3, -0.25) is 4.79 Å². The molecule has 0 spiro atoms. The summed E-state index contributed by atoms with van der Waals surface area (Å²) in [5.41, 5.74) is 2.01. The van der Waals surface area contributed by atoms with Gasteiger partial charge in [-0.2, -0.15) is 13.2 Å². The Kier molecular flexibility index (Phi) is 5.07. The molecule has 0 heterocycles. The average Bonchev–Trinajstić information content (AvgIpc) is 2.66. The van der Waals surface area contributed by atoms with E-state index in [9.17, 15) is 18.0 Å². The molecule has 0 radical (unpaired) electrons. The van der Waals surface area contributed by atoms with E-state index >= 15 is 0 Å². The zero-order valence-electron chi connectivity index (χ0n) is 13.8. The summed E-state index contributed by atoms with van der Waals surface area (Å²) in [5.74, 6) is -0.333. The summed E-state index contributed by atoms with van der Waals surface area (Å²) in [4.78, 5) is 12.4. The first-order valence-corrected chi connectivity index (χ1v) is 8.03. The van der Waals surface area contributed by atoms with Crippen molar-refractivity contribution in [2.24, 2.45) is 0 Å². The van der Waals surface area contributed by atoms with Crippen LogP contribution in [0.25, 0.3) is 11.1 Å². The lowest BCUT2D eigenvalue weighted by Crippen LogP contribution is -2.23. The Morgan fingerprint density at radius 1 is 0.808 bits per heavy atom. The maximum atomic E-state index is 12.7. The Bertz CT molecular complexity index is 904. The number of nitrogens with one attached hydrogen (secondary N) is 1. The topological polar surface area (TPSA) is 29.1 Å². The molecule has 1 N–H and O–H groups in total. The zero-order valence-corrected chi connectivity index (χ0v) is 13.8. The van der Waals surface area contributed by atoms with Crippen molar-refractivity contribution in [2.45, 2.75) is 12.7 Å². The Morgan fingerprint density at radius 3 is 2.23 bits per heavy atom.